The Balaban J connectivity index is 1.77. The average molecular weight is 584 g/mol. The van der Waals surface area contributed by atoms with E-state index in [1.54, 1.807) is 30.3 Å². The molecule has 42 heavy (non-hydrogen) atoms. The summed E-state index contributed by atoms with van der Waals surface area (Å²) in [5, 5.41) is 2.88. The van der Waals surface area contributed by atoms with Crippen molar-refractivity contribution >= 4 is 27.5 Å². The third kappa shape index (κ3) is 7.64. The lowest BCUT2D eigenvalue weighted by atomic mass is 10.0. The summed E-state index contributed by atoms with van der Waals surface area (Å²) in [7, 11) is -4.10. The molecular weight excluding hydrogens is 546 g/mol. The molecule has 0 saturated carbocycles. The van der Waals surface area contributed by atoms with Gasteiger partial charge in [0.25, 0.3) is 10.0 Å². The normalized spacial score (nSPS) is 11.9. The molecule has 1 N–H and O–H groups in total. The van der Waals surface area contributed by atoms with Crippen LogP contribution >= 0.6 is 0 Å². The first kappa shape index (κ1) is 30.5. The summed E-state index contributed by atoms with van der Waals surface area (Å²) in [6.07, 6.45) is 1.07. The monoisotopic (exact) mass is 583 g/mol. The zero-order chi connectivity index (χ0) is 30.0. The van der Waals surface area contributed by atoms with Crippen molar-refractivity contribution in [2.75, 3.05) is 17.4 Å². The molecule has 0 aliphatic heterocycles. The van der Waals surface area contributed by atoms with Crippen LogP contribution in [0.1, 0.15) is 30.5 Å². The first-order valence-corrected chi connectivity index (χ1v) is 15.6. The Kier molecular flexibility index (Phi) is 10.5. The van der Waals surface area contributed by atoms with Gasteiger partial charge in [0.05, 0.1) is 10.6 Å². The molecule has 0 saturated heterocycles. The molecule has 1 atom stereocenters. The summed E-state index contributed by atoms with van der Waals surface area (Å²) in [4.78, 5) is 29.4. The lowest BCUT2D eigenvalue weighted by Crippen LogP contribution is -2.53. The Morgan fingerprint density at radius 1 is 0.714 bits per heavy atom. The number of carbonyl (C=O) groups excluding carboxylic acids is 2. The number of anilines is 1. The zero-order valence-corrected chi connectivity index (χ0v) is 24.8. The summed E-state index contributed by atoms with van der Waals surface area (Å²) in [6, 6.07) is 33.3. The predicted octanol–water partition coefficient (Wildman–Crippen LogP) is 5.22. The quantitative estimate of drug-likeness (QED) is 0.234. The van der Waals surface area contributed by atoms with Crippen molar-refractivity contribution in [1.82, 2.24) is 10.2 Å². The minimum Gasteiger partial charge on any atom is -0.355 e. The van der Waals surface area contributed by atoms with Gasteiger partial charge in [-0.1, -0.05) is 97.9 Å². The topological polar surface area (TPSA) is 86.8 Å². The van der Waals surface area contributed by atoms with E-state index in [4.69, 9.17) is 0 Å². The maximum Gasteiger partial charge on any atom is 0.264 e. The van der Waals surface area contributed by atoms with Gasteiger partial charge in [-0.2, -0.15) is 0 Å². The molecule has 0 aromatic heterocycles. The van der Waals surface area contributed by atoms with E-state index in [0.717, 1.165) is 27.4 Å². The van der Waals surface area contributed by atoms with Crippen LogP contribution in [0.4, 0.5) is 5.69 Å². The molecule has 4 rings (SSSR count). The standard InChI is InChI=1S/C34H37N3O4S/c1-3-27-20-22-30(23-21-27)37(42(40,41)31-18-12-7-13-19-31)26-33(38)36(25-29-16-10-6-11-17-29)32(34(39)35-4-2)24-28-14-8-5-9-15-28/h5-23,32H,3-4,24-26H2,1-2H3,(H,35,39)/t32-/m0/s1. The number of likely N-dealkylation sites (N-methyl/N-ethyl adjacent to an activating group) is 1. The molecule has 2 amide bonds. The third-order valence-corrected chi connectivity index (χ3v) is 8.85. The Hall–Kier alpha value is -4.43. The van der Waals surface area contributed by atoms with Crippen LogP contribution in [0.25, 0.3) is 0 Å². The minimum absolute atomic E-state index is 0.0801. The largest absolute Gasteiger partial charge is 0.355 e. The smallest absolute Gasteiger partial charge is 0.264 e. The van der Waals surface area contributed by atoms with Gasteiger partial charge in [0, 0.05) is 19.5 Å². The van der Waals surface area contributed by atoms with E-state index in [-0.39, 0.29) is 23.8 Å². The van der Waals surface area contributed by atoms with Crippen LogP contribution in [0, 0.1) is 0 Å². The SMILES string of the molecule is CCNC(=O)[C@H](Cc1ccccc1)N(Cc1ccccc1)C(=O)CN(c1ccc(CC)cc1)S(=O)(=O)c1ccccc1. The molecule has 0 spiro atoms. The number of nitrogens with zero attached hydrogens (tertiary/aromatic N) is 2. The third-order valence-electron chi connectivity index (χ3n) is 7.06. The maximum atomic E-state index is 14.3. The fourth-order valence-electron chi connectivity index (χ4n) is 4.77. The van der Waals surface area contributed by atoms with Gasteiger partial charge in [-0.25, -0.2) is 8.42 Å². The number of rotatable bonds is 13. The van der Waals surface area contributed by atoms with Crippen molar-refractivity contribution in [1.29, 1.82) is 0 Å². The minimum atomic E-state index is -4.10. The van der Waals surface area contributed by atoms with Crippen LogP contribution in [0.5, 0.6) is 0 Å². The van der Waals surface area contributed by atoms with Crippen molar-refractivity contribution in [3.63, 3.8) is 0 Å². The number of hydrogen-bond acceptors (Lipinski definition) is 4. The first-order valence-electron chi connectivity index (χ1n) is 14.1. The molecular formula is C34H37N3O4S. The van der Waals surface area contributed by atoms with E-state index < -0.39 is 28.5 Å². The zero-order valence-electron chi connectivity index (χ0n) is 24.0. The molecule has 0 aliphatic carbocycles. The van der Waals surface area contributed by atoms with Crippen molar-refractivity contribution in [2.24, 2.45) is 0 Å². The lowest BCUT2D eigenvalue weighted by Gasteiger charge is -2.33. The Morgan fingerprint density at radius 3 is 1.81 bits per heavy atom. The highest BCUT2D eigenvalue weighted by Gasteiger charge is 2.34. The molecule has 0 aliphatic rings. The maximum absolute atomic E-state index is 14.3. The van der Waals surface area contributed by atoms with Crippen LogP contribution in [-0.4, -0.2) is 44.3 Å². The second-order valence-electron chi connectivity index (χ2n) is 9.95. The van der Waals surface area contributed by atoms with E-state index in [0.29, 0.717) is 12.2 Å². The number of amides is 2. The summed E-state index contributed by atoms with van der Waals surface area (Å²) in [6.45, 7) is 3.92. The van der Waals surface area contributed by atoms with Gasteiger partial charge < -0.3 is 10.2 Å². The number of hydrogen-bond donors (Lipinski definition) is 1. The van der Waals surface area contributed by atoms with E-state index >= 15 is 0 Å². The molecule has 0 fully saturated rings. The van der Waals surface area contributed by atoms with E-state index in [1.807, 2.05) is 86.6 Å². The second-order valence-corrected chi connectivity index (χ2v) is 11.8. The van der Waals surface area contributed by atoms with Crippen molar-refractivity contribution in [3.05, 3.63) is 132 Å². The van der Waals surface area contributed by atoms with Crippen molar-refractivity contribution < 1.29 is 18.0 Å². The van der Waals surface area contributed by atoms with Gasteiger partial charge in [0.1, 0.15) is 12.6 Å². The number of carbonyl (C=O) groups is 2. The van der Waals surface area contributed by atoms with Crippen molar-refractivity contribution in [3.8, 4) is 0 Å². The van der Waals surface area contributed by atoms with Crippen LogP contribution < -0.4 is 9.62 Å². The molecule has 4 aromatic rings. The van der Waals surface area contributed by atoms with Gasteiger partial charge in [-0.05, 0) is 54.3 Å². The highest BCUT2D eigenvalue weighted by molar-refractivity contribution is 7.92. The molecule has 0 bridgehead atoms. The van der Waals surface area contributed by atoms with E-state index in [1.165, 1.54) is 17.0 Å². The second kappa shape index (κ2) is 14.5. The molecule has 8 heteroatoms. The number of benzene rings is 4. The number of nitrogens with one attached hydrogen (secondary N) is 1. The summed E-state index contributed by atoms with van der Waals surface area (Å²) < 4.78 is 29.1. The van der Waals surface area contributed by atoms with Gasteiger partial charge in [0.2, 0.25) is 11.8 Å². The van der Waals surface area contributed by atoms with Gasteiger partial charge >= 0.3 is 0 Å². The highest BCUT2D eigenvalue weighted by atomic mass is 32.2. The van der Waals surface area contributed by atoms with Gasteiger partial charge in [-0.3, -0.25) is 13.9 Å². The molecule has 0 radical (unpaired) electrons. The average Bonchev–Trinajstić information content (AvgIpc) is 3.03. The Morgan fingerprint density at radius 2 is 1.26 bits per heavy atom. The fourth-order valence-corrected chi connectivity index (χ4v) is 6.21. The van der Waals surface area contributed by atoms with Crippen LogP contribution in [0.2, 0.25) is 0 Å². The summed E-state index contributed by atoms with van der Waals surface area (Å²) in [5.74, 6) is -0.777. The van der Waals surface area contributed by atoms with Crippen LogP contribution in [0.3, 0.4) is 0 Å². The predicted molar refractivity (Wildman–Crippen MR) is 166 cm³/mol. The molecule has 0 heterocycles. The van der Waals surface area contributed by atoms with Gasteiger partial charge in [0.15, 0.2) is 0 Å². The molecule has 0 unspecified atom stereocenters. The fraction of sp³-hybridized carbons (Fsp3) is 0.235. The van der Waals surface area contributed by atoms with Crippen molar-refractivity contribution in [2.45, 2.75) is 44.2 Å². The summed E-state index contributed by atoms with van der Waals surface area (Å²) >= 11 is 0. The first-order chi connectivity index (χ1) is 20.3. The van der Waals surface area contributed by atoms with E-state index in [2.05, 4.69) is 5.32 Å². The summed E-state index contributed by atoms with van der Waals surface area (Å²) in [5.41, 5.74) is 3.15. The molecule has 7 nitrogen and oxygen atoms in total. The molecule has 4 aromatic carbocycles. The lowest BCUT2D eigenvalue weighted by molar-refractivity contribution is -0.140. The van der Waals surface area contributed by atoms with Gasteiger partial charge in [-0.15, -0.1) is 0 Å². The Labute approximate surface area is 248 Å². The van der Waals surface area contributed by atoms with Crippen LogP contribution in [0.15, 0.2) is 120 Å². The van der Waals surface area contributed by atoms with E-state index in [9.17, 15) is 18.0 Å². The number of aryl methyl sites for hydroxylation is 1. The Bertz CT molecular complexity index is 1550. The number of sulfonamides is 1. The van der Waals surface area contributed by atoms with Crippen LogP contribution in [-0.2, 0) is 39.0 Å². The molecule has 218 valence electrons. The highest BCUT2D eigenvalue weighted by Crippen LogP contribution is 2.25.